The average molecular weight is 216 g/mol. The number of nitrogens with one attached hydrogen (secondary N) is 1. The lowest BCUT2D eigenvalue weighted by molar-refractivity contribution is 0.397. The van der Waals surface area contributed by atoms with Crippen molar-refractivity contribution in [2.75, 3.05) is 12.4 Å². The van der Waals surface area contributed by atoms with E-state index in [9.17, 15) is 0 Å². The maximum absolute atomic E-state index is 5.04. The molecule has 0 saturated carbocycles. The van der Waals surface area contributed by atoms with E-state index in [1.165, 1.54) is 0 Å². The third kappa shape index (κ3) is 2.66. The van der Waals surface area contributed by atoms with Crippen LogP contribution >= 0.6 is 0 Å². The van der Waals surface area contributed by atoms with Gasteiger partial charge in [0.05, 0.1) is 7.11 Å². The molecule has 2 rings (SSSR count). The lowest BCUT2D eigenvalue weighted by Crippen LogP contribution is -2.03. The molecule has 0 aliphatic rings. The van der Waals surface area contributed by atoms with Gasteiger partial charge in [-0.05, 0) is 17.7 Å². The Kier molecular flexibility index (Phi) is 3.28. The maximum atomic E-state index is 5.04. The van der Waals surface area contributed by atoms with Gasteiger partial charge in [-0.1, -0.05) is 0 Å². The molecule has 2 heterocycles. The number of pyridine rings is 1. The van der Waals surface area contributed by atoms with Crippen LogP contribution in [0.2, 0.25) is 0 Å². The zero-order valence-corrected chi connectivity index (χ0v) is 8.92. The largest absolute Gasteiger partial charge is 0.481 e. The molecule has 0 radical (unpaired) electrons. The maximum Gasteiger partial charge on any atom is 0.222 e. The predicted octanol–water partition coefficient (Wildman–Crippen LogP) is 1.49. The molecule has 2 aromatic rings. The minimum Gasteiger partial charge on any atom is -0.481 e. The second-order valence-electron chi connectivity index (χ2n) is 3.13. The molecule has 0 aliphatic carbocycles. The molecule has 0 saturated heterocycles. The van der Waals surface area contributed by atoms with E-state index in [0.29, 0.717) is 18.4 Å². The first-order valence-electron chi connectivity index (χ1n) is 4.88. The van der Waals surface area contributed by atoms with Crippen LogP contribution in [-0.4, -0.2) is 22.1 Å². The quantitative estimate of drug-likeness (QED) is 0.839. The van der Waals surface area contributed by atoms with E-state index in [1.807, 2.05) is 12.1 Å². The van der Waals surface area contributed by atoms with E-state index in [1.54, 1.807) is 31.8 Å². The number of methoxy groups -OCH3 is 1. The van der Waals surface area contributed by atoms with Crippen LogP contribution in [0.5, 0.6) is 5.88 Å². The summed E-state index contributed by atoms with van der Waals surface area (Å²) in [5, 5.41) is 3.11. The van der Waals surface area contributed by atoms with Crippen LogP contribution in [0.4, 0.5) is 5.95 Å². The van der Waals surface area contributed by atoms with Gasteiger partial charge in [0.25, 0.3) is 0 Å². The molecule has 0 spiro atoms. The Morgan fingerprint density at radius 1 is 1.19 bits per heavy atom. The lowest BCUT2D eigenvalue weighted by Gasteiger charge is -2.05. The van der Waals surface area contributed by atoms with Gasteiger partial charge >= 0.3 is 0 Å². The van der Waals surface area contributed by atoms with Crippen molar-refractivity contribution in [2.24, 2.45) is 0 Å². The molecule has 5 nitrogen and oxygen atoms in total. The van der Waals surface area contributed by atoms with Gasteiger partial charge in [-0.2, -0.15) is 0 Å². The molecule has 0 fully saturated rings. The summed E-state index contributed by atoms with van der Waals surface area (Å²) >= 11 is 0. The molecule has 5 heteroatoms. The van der Waals surface area contributed by atoms with Crippen molar-refractivity contribution >= 4 is 5.95 Å². The Morgan fingerprint density at radius 3 is 2.75 bits per heavy atom. The van der Waals surface area contributed by atoms with Crippen LogP contribution < -0.4 is 10.1 Å². The van der Waals surface area contributed by atoms with Crippen LogP contribution in [-0.2, 0) is 6.54 Å². The highest BCUT2D eigenvalue weighted by Crippen LogP contribution is 2.09. The molecule has 0 bridgehead atoms. The second kappa shape index (κ2) is 5.06. The van der Waals surface area contributed by atoms with Crippen molar-refractivity contribution in [1.29, 1.82) is 0 Å². The highest BCUT2D eigenvalue weighted by atomic mass is 16.5. The summed E-state index contributed by atoms with van der Waals surface area (Å²) in [7, 11) is 1.60. The third-order valence-corrected chi connectivity index (χ3v) is 2.02. The van der Waals surface area contributed by atoms with Gasteiger partial charge in [0.1, 0.15) is 0 Å². The van der Waals surface area contributed by atoms with Gasteiger partial charge in [-0.15, -0.1) is 0 Å². The van der Waals surface area contributed by atoms with Crippen molar-refractivity contribution in [2.45, 2.75) is 6.54 Å². The molecule has 0 aromatic carbocycles. The number of hydrogen-bond acceptors (Lipinski definition) is 5. The van der Waals surface area contributed by atoms with Crippen LogP contribution in [0.3, 0.4) is 0 Å². The molecular formula is C11H12N4O. The monoisotopic (exact) mass is 216 g/mol. The van der Waals surface area contributed by atoms with Crippen molar-refractivity contribution in [3.05, 3.63) is 42.4 Å². The van der Waals surface area contributed by atoms with Crippen molar-refractivity contribution < 1.29 is 4.74 Å². The Labute approximate surface area is 93.5 Å². The summed E-state index contributed by atoms with van der Waals surface area (Å²) < 4.78 is 5.04. The van der Waals surface area contributed by atoms with Crippen LogP contribution in [0, 0.1) is 0 Å². The highest BCUT2D eigenvalue weighted by molar-refractivity contribution is 5.28. The van der Waals surface area contributed by atoms with Gasteiger partial charge in [-0.3, -0.25) is 0 Å². The summed E-state index contributed by atoms with van der Waals surface area (Å²) in [5.74, 6) is 1.21. The molecule has 1 N–H and O–H groups in total. The Morgan fingerprint density at radius 2 is 2.00 bits per heavy atom. The average Bonchev–Trinajstić information content (AvgIpc) is 2.38. The first kappa shape index (κ1) is 10.4. The standard InChI is InChI=1S/C11H12N4O/c1-16-10-7-9(3-6-12-10)8-15-11-13-4-2-5-14-11/h2-7H,8H2,1H3,(H,13,14,15). The van der Waals surface area contributed by atoms with Gasteiger partial charge in [0.2, 0.25) is 11.8 Å². The van der Waals surface area contributed by atoms with Gasteiger partial charge in [0, 0.05) is 31.2 Å². The van der Waals surface area contributed by atoms with Gasteiger partial charge in [0.15, 0.2) is 0 Å². The van der Waals surface area contributed by atoms with Crippen molar-refractivity contribution in [1.82, 2.24) is 15.0 Å². The minimum atomic E-state index is 0.605. The Bertz CT molecular complexity index is 447. The van der Waals surface area contributed by atoms with E-state index in [0.717, 1.165) is 5.56 Å². The number of hydrogen-bond donors (Lipinski definition) is 1. The fourth-order valence-corrected chi connectivity index (χ4v) is 1.24. The highest BCUT2D eigenvalue weighted by Gasteiger charge is 1.98. The Balaban J connectivity index is 1.99. The zero-order valence-electron chi connectivity index (χ0n) is 8.92. The van der Waals surface area contributed by atoms with Crippen molar-refractivity contribution in [3.8, 4) is 5.88 Å². The number of rotatable bonds is 4. The van der Waals surface area contributed by atoms with E-state index < -0.39 is 0 Å². The lowest BCUT2D eigenvalue weighted by atomic mass is 10.2. The van der Waals surface area contributed by atoms with Crippen LogP contribution in [0.15, 0.2) is 36.8 Å². The topological polar surface area (TPSA) is 59.9 Å². The van der Waals surface area contributed by atoms with Crippen molar-refractivity contribution in [3.63, 3.8) is 0 Å². The number of nitrogens with zero attached hydrogens (tertiary/aromatic N) is 3. The van der Waals surface area contributed by atoms with Crippen LogP contribution in [0.1, 0.15) is 5.56 Å². The molecule has 16 heavy (non-hydrogen) atoms. The van der Waals surface area contributed by atoms with E-state index in [4.69, 9.17) is 4.74 Å². The Hall–Kier alpha value is -2.17. The molecule has 2 aromatic heterocycles. The minimum absolute atomic E-state index is 0.605. The van der Waals surface area contributed by atoms with E-state index >= 15 is 0 Å². The molecule has 0 aliphatic heterocycles. The summed E-state index contributed by atoms with van der Waals surface area (Å²) in [6, 6.07) is 5.56. The summed E-state index contributed by atoms with van der Waals surface area (Å²) in [6.45, 7) is 0.642. The summed E-state index contributed by atoms with van der Waals surface area (Å²) in [6.07, 6.45) is 5.10. The second-order valence-corrected chi connectivity index (χ2v) is 3.13. The van der Waals surface area contributed by atoms with E-state index in [-0.39, 0.29) is 0 Å². The fourth-order valence-electron chi connectivity index (χ4n) is 1.24. The number of anilines is 1. The number of aromatic nitrogens is 3. The third-order valence-electron chi connectivity index (χ3n) is 2.02. The van der Waals surface area contributed by atoms with Gasteiger partial charge in [-0.25, -0.2) is 15.0 Å². The van der Waals surface area contributed by atoms with Gasteiger partial charge < -0.3 is 10.1 Å². The fraction of sp³-hybridized carbons (Fsp3) is 0.182. The normalized spacial score (nSPS) is 9.81. The molecular weight excluding hydrogens is 204 g/mol. The summed E-state index contributed by atoms with van der Waals surface area (Å²) in [4.78, 5) is 12.2. The molecule has 0 unspecified atom stereocenters. The summed E-state index contributed by atoms with van der Waals surface area (Å²) in [5.41, 5.74) is 1.07. The zero-order chi connectivity index (χ0) is 11.2. The van der Waals surface area contributed by atoms with E-state index in [2.05, 4.69) is 20.3 Å². The SMILES string of the molecule is COc1cc(CNc2ncccn2)ccn1. The predicted molar refractivity (Wildman–Crippen MR) is 60.1 cm³/mol. The molecule has 82 valence electrons. The number of ether oxygens (including phenoxy) is 1. The molecule has 0 amide bonds. The molecule has 0 atom stereocenters. The first-order valence-corrected chi connectivity index (χ1v) is 4.88. The first-order chi connectivity index (χ1) is 7.88. The van der Waals surface area contributed by atoms with Crippen LogP contribution in [0.25, 0.3) is 0 Å². The smallest absolute Gasteiger partial charge is 0.222 e.